The predicted molar refractivity (Wildman–Crippen MR) is 108 cm³/mol. The first-order chi connectivity index (χ1) is 13.1. The van der Waals surface area contributed by atoms with Crippen molar-refractivity contribution in [1.29, 1.82) is 0 Å². The second-order valence-corrected chi connectivity index (χ2v) is 7.25. The van der Waals surface area contributed by atoms with E-state index in [-0.39, 0.29) is 5.91 Å². The minimum Gasteiger partial charge on any atom is -0.478 e. The first-order valence-electron chi connectivity index (χ1n) is 8.96. The Kier molecular flexibility index (Phi) is 9.68. The lowest BCUT2D eigenvalue weighted by molar-refractivity contribution is -0.134. The number of carboxylic acids is 2. The zero-order valence-electron chi connectivity index (χ0n) is 16.3. The molecule has 1 fully saturated rings. The number of hydrogen-bond acceptors (Lipinski definition) is 4. The van der Waals surface area contributed by atoms with Crippen molar-refractivity contribution in [2.24, 2.45) is 0 Å². The summed E-state index contributed by atoms with van der Waals surface area (Å²) in [5.41, 5.74) is 0.708. The van der Waals surface area contributed by atoms with Crippen molar-refractivity contribution >= 4 is 29.4 Å². The molecule has 0 saturated heterocycles. The minimum atomic E-state index is -1.26. The van der Waals surface area contributed by atoms with Crippen molar-refractivity contribution in [3.05, 3.63) is 47.0 Å². The van der Waals surface area contributed by atoms with Crippen LogP contribution in [0, 0.1) is 0 Å². The second-order valence-electron chi connectivity index (χ2n) is 6.82. The van der Waals surface area contributed by atoms with Crippen LogP contribution in [0.25, 0.3) is 0 Å². The molecule has 154 valence electrons. The average Bonchev–Trinajstić information content (AvgIpc) is 2.66. The Balaban J connectivity index is 0.000000416. The van der Waals surface area contributed by atoms with Crippen LogP contribution in [0.4, 0.5) is 0 Å². The zero-order chi connectivity index (χ0) is 21.3. The smallest absolute Gasteiger partial charge is 0.328 e. The standard InChI is InChI=1S/C16H23ClN2O.C4H4O4/c1-18(2)14-6-4-5-7-15(14)19(3)16(20)12-8-10-13(17)11-9-12;5-3(6)1-2-4(7)8/h8-11,14-15H,4-7H2,1-3H3;1-2H,(H,5,6)(H,7,8)/b;2-1-/t14-,15-;/m1./s1. The van der Waals surface area contributed by atoms with Crippen LogP contribution >= 0.6 is 11.6 Å². The molecule has 1 aromatic rings. The molecule has 1 aliphatic rings. The van der Waals surface area contributed by atoms with Crippen LogP contribution in [0.15, 0.2) is 36.4 Å². The molecule has 0 heterocycles. The summed E-state index contributed by atoms with van der Waals surface area (Å²) >= 11 is 5.88. The van der Waals surface area contributed by atoms with Gasteiger partial charge in [-0.1, -0.05) is 24.4 Å². The largest absolute Gasteiger partial charge is 0.478 e. The SMILES string of the molecule is CN(C)[C@@H]1CCCC[C@H]1N(C)C(=O)c1ccc(Cl)cc1.O=C(O)/C=C\C(=O)O. The topological polar surface area (TPSA) is 98.2 Å². The molecular weight excluding hydrogens is 384 g/mol. The molecule has 1 aromatic carbocycles. The van der Waals surface area contributed by atoms with Gasteiger partial charge in [-0.05, 0) is 51.2 Å². The number of nitrogens with zero attached hydrogens (tertiary/aromatic N) is 2. The second kappa shape index (κ2) is 11.5. The Morgan fingerprint density at radius 3 is 1.82 bits per heavy atom. The normalized spacial score (nSPS) is 19.0. The van der Waals surface area contributed by atoms with E-state index in [2.05, 4.69) is 19.0 Å². The minimum absolute atomic E-state index is 0.0837. The van der Waals surface area contributed by atoms with Crippen molar-refractivity contribution in [1.82, 2.24) is 9.80 Å². The van der Waals surface area contributed by atoms with Gasteiger partial charge < -0.3 is 20.0 Å². The number of aliphatic carboxylic acids is 2. The van der Waals surface area contributed by atoms with Gasteiger partial charge in [0.15, 0.2) is 0 Å². The molecule has 2 N–H and O–H groups in total. The van der Waals surface area contributed by atoms with E-state index in [0.29, 0.717) is 34.8 Å². The number of hydrogen-bond donors (Lipinski definition) is 2. The summed E-state index contributed by atoms with van der Waals surface area (Å²) < 4.78 is 0. The van der Waals surface area contributed by atoms with E-state index < -0.39 is 11.9 Å². The maximum absolute atomic E-state index is 12.6. The van der Waals surface area contributed by atoms with Gasteiger partial charge in [0.1, 0.15) is 0 Å². The summed E-state index contributed by atoms with van der Waals surface area (Å²) in [6, 6.07) is 7.88. The summed E-state index contributed by atoms with van der Waals surface area (Å²) in [5.74, 6) is -2.43. The van der Waals surface area contributed by atoms with Gasteiger partial charge in [-0.3, -0.25) is 4.79 Å². The molecule has 0 aromatic heterocycles. The molecule has 1 saturated carbocycles. The molecule has 0 bridgehead atoms. The summed E-state index contributed by atoms with van der Waals surface area (Å²) in [6.07, 6.45) is 5.81. The maximum atomic E-state index is 12.6. The van der Waals surface area contributed by atoms with Gasteiger partial charge in [0.05, 0.1) is 0 Å². The van der Waals surface area contributed by atoms with E-state index in [4.69, 9.17) is 21.8 Å². The Morgan fingerprint density at radius 2 is 1.39 bits per heavy atom. The molecule has 0 spiro atoms. The van der Waals surface area contributed by atoms with Gasteiger partial charge in [0.2, 0.25) is 0 Å². The summed E-state index contributed by atoms with van der Waals surface area (Å²) in [4.78, 5) is 35.9. The van der Waals surface area contributed by atoms with Crippen molar-refractivity contribution in [3.8, 4) is 0 Å². The summed E-state index contributed by atoms with van der Waals surface area (Å²) in [6.45, 7) is 0. The number of amides is 1. The first kappa shape index (κ1) is 23.7. The lowest BCUT2D eigenvalue weighted by Crippen LogP contribution is -2.51. The quantitative estimate of drug-likeness (QED) is 0.724. The molecule has 28 heavy (non-hydrogen) atoms. The fraction of sp³-hybridized carbons (Fsp3) is 0.450. The molecule has 0 radical (unpaired) electrons. The van der Waals surface area contributed by atoms with Gasteiger partial charge in [0, 0.05) is 41.9 Å². The number of likely N-dealkylation sites (N-methyl/N-ethyl adjacent to an activating group) is 2. The van der Waals surface area contributed by atoms with Gasteiger partial charge in [-0.15, -0.1) is 0 Å². The Morgan fingerprint density at radius 1 is 0.929 bits per heavy atom. The highest BCUT2D eigenvalue weighted by Crippen LogP contribution is 2.26. The average molecular weight is 411 g/mol. The first-order valence-corrected chi connectivity index (χ1v) is 9.34. The van der Waals surface area contributed by atoms with E-state index in [0.717, 1.165) is 12.8 Å². The van der Waals surface area contributed by atoms with Crippen LogP contribution in [0.3, 0.4) is 0 Å². The number of rotatable bonds is 5. The van der Waals surface area contributed by atoms with E-state index in [1.807, 2.05) is 11.9 Å². The Bertz CT molecular complexity index is 687. The molecule has 0 aliphatic heterocycles. The van der Waals surface area contributed by atoms with Gasteiger partial charge in [-0.2, -0.15) is 0 Å². The van der Waals surface area contributed by atoms with E-state index in [1.165, 1.54) is 12.8 Å². The molecule has 2 rings (SSSR count). The van der Waals surface area contributed by atoms with E-state index >= 15 is 0 Å². The maximum Gasteiger partial charge on any atom is 0.328 e. The van der Waals surface area contributed by atoms with Crippen molar-refractivity contribution < 1.29 is 24.6 Å². The molecule has 8 heteroatoms. The van der Waals surface area contributed by atoms with Crippen LogP contribution in [0.1, 0.15) is 36.0 Å². The fourth-order valence-corrected chi connectivity index (χ4v) is 3.36. The third kappa shape index (κ3) is 7.70. The Hall–Kier alpha value is -2.38. The lowest BCUT2D eigenvalue weighted by atomic mass is 9.88. The zero-order valence-corrected chi connectivity index (χ0v) is 17.1. The predicted octanol–water partition coefficient (Wildman–Crippen LogP) is 3.00. The van der Waals surface area contributed by atoms with Crippen LogP contribution in [0.2, 0.25) is 5.02 Å². The number of carboxylic acid groups (broad SMARTS) is 2. The van der Waals surface area contributed by atoms with Crippen molar-refractivity contribution in [2.75, 3.05) is 21.1 Å². The van der Waals surface area contributed by atoms with Gasteiger partial charge in [-0.25, -0.2) is 9.59 Å². The highest BCUT2D eigenvalue weighted by atomic mass is 35.5. The van der Waals surface area contributed by atoms with Crippen LogP contribution in [-0.4, -0.2) is 71.1 Å². The molecule has 0 unspecified atom stereocenters. The van der Waals surface area contributed by atoms with E-state index in [1.54, 1.807) is 24.3 Å². The van der Waals surface area contributed by atoms with E-state index in [9.17, 15) is 14.4 Å². The highest BCUT2D eigenvalue weighted by Gasteiger charge is 2.32. The molecule has 7 nitrogen and oxygen atoms in total. The number of carbonyl (C=O) groups is 3. The lowest BCUT2D eigenvalue weighted by Gasteiger charge is -2.41. The van der Waals surface area contributed by atoms with Gasteiger partial charge in [0.25, 0.3) is 5.91 Å². The molecule has 1 amide bonds. The Labute approximate surface area is 170 Å². The van der Waals surface area contributed by atoms with Crippen LogP contribution in [-0.2, 0) is 9.59 Å². The number of benzene rings is 1. The van der Waals surface area contributed by atoms with Crippen LogP contribution < -0.4 is 0 Å². The van der Waals surface area contributed by atoms with Crippen molar-refractivity contribution in [3.63, 3.8) is 0 Å². The number of carbonyl (C=O) groups excluding carboxylic acids is 1. The third-order valence-corrected chi connectivity index (χ3v) is 4.89. The monoisotopic (exact) mass is 410 g/mol. The highest BCUT2D eigenvalue weighted by molar-refractivity contribution is 6.30. The molecule has 2 atom stereocenters. The summed E-state index contributed by atoms with van der Waals surface area (Å²) in [7, 11) is 6.12. The molecular formula is C20H27ClN2O5. The van der Waals surface area contributed by atoms with Crippen LogP contribution in [0.5, 0.6) is 0 Å². The molecule has 1 aliphatic carbocycles. The fourth-order valence-electron chi connectivity index (χ4n) is 3.24. The van der Waals surface area contributed by atoms with Crippen molar-refractivity contribution in [2.45, 2.75) is 37.8 Å². The third-order valence-electron chi connectivity index (χ3n) is 4.63. The number of halogens is 1. The van der Waals surface area contributed by atoms with Gasteiger partial charge >= 0.3 is 11.9 Å². The summed E-state index contributed by atoms with van der Waals surface area (Å²) in [5, 5.41) is 16.3.